The molecule has 0 radical (unpaired) electrons. The average Bonchev–Trinajstić information content (AvgIpc) is 2.65. The molecule has 2 N–H and O–H groups in total. The van der Waals surface area contributed by atoms with Gasteiger partial charge in [-0.2, -0.15) is 0 Å². The highest BCUT2D eigenvalue weighted by atomic mass is 32.1. The summed E-state index contributed by atoms with van der Waals surface area (Å²) in [6.07, 6.45) is 0. The highest BCUT2D eigenvalue weighted by molar-refractivity contribution is 7.09. The van der Waals surface area contributed by atoms with Crippen molar-refractivity contribution in [2.45, 2.75) is 13.8 Å². The summed E-state index contributed by atoms with van der Waals surface area (Å²) >= 11 is 1.59. The molecular weight excluding hydrogens is 220 g/mol. The van der Waals surface area contributed by atoms with Gasteiger partial charge in [-0.05, 0) is 25.5 Å². The maximum Gasteiger partial charge on any atom is 0.248 e. The molecule has 0 aliphatic heterocycles. The Bertz CT molecular complexity index is 546. The lowest BCUT2D eigenvalue weighted by molar-refractivity contribution is 0.1000. The number of amides is 1. The molecule has 0 saturated carbocycles. The highest BCUT2D eigenvalue weighted by Crippen LogP contribution is 2.23. The highest BCUT2D eigenvalue weighted by Gasteiger charge is 2.08. The van der Waals surface area contributed by atoms with Gasteiger partial charge in [-0.15, -0.1) is 11.3 Å². The minimum Gasteiger partial charge on any atom is -0.366 e. The molecule has 0 fully saturated rings. The number of benzene rings is 1. The zero-order valence-corrected chi connectivity index (χ0v) is 9.97. The largest absolute Gasteiger partial charge is 0.366 e. The third kappa shape index (κ3) is 1.97. The summed E-state index contributed by atoms with van der Waals surface area (Å²) in [5.41, 5.74) is 8.59. The standard InChI is InChI=1S/C12H12N2OS/c1-7-3-4-9(5-10(7)12(13)15)11-6-16-8(2)14-11/h3-6H,1-2H3,(H2,13,15). The van der Waals surface area contributed by atoms with Crippen molar-refractivity contribution in [2.24, 2.45) is 5.73 Å². The predicted molar refractivity (Wildman–Crippen MR) is 65.5 cm³/mol. The summed E-state index contributed by atoms with van der Waals surface area (Å²) in [6, 6.07) is 5.65. The number of aromatic nitrogens is 1. The summed E-state index contributed by atoms with van der Waals surface area (Å²) in [5.74, 6) is -0.397. The molecule has 82 valence electrons. The number of thiazole rings is 1. The molecule has 0 aliphatic carbocycles. The fourth-order valence-corrected chi connectivity index (χ4v) is 2.16. The third-order valence-corrected chi connectivity index (χ3v) is 3.19. The number of carbonyl (C=O) groups is 1. The number of aryl methyl sites for hydroxylation is 2. The van der Waals surface area contributed by atoms with Crippen LogP contribution < -0.4 is 5.73 Å². The van der Waals surface area contributed by atoms with Crippen LogP contribution in [0.25, 0.3) is 11.3 Å². The van der Waals surface area contributed by atoms with Crippen LogP contribution in [0.4, 0.5) is 0 Å². The van der Waals surface area contributed by atoms with Crippen LogP contribution in [-0.4, -0.2) is 10.9 Å². The van der Waals surface area contributed by atoms with Crippen LogP contribution >= 0.6 is 11.3 Å². The Hall–Kier alpha value is -1.68. The molecule has 1 aromatic heterocycles. The summed E-state index contributed by atoms with van der Waals surface area (Å²) in [4.78, 5) is 15.6. The first-order valence-corrected chi connectivity index (χ1v) is 5.79. The molecule has 1 heterocycles. The molecule has 3 nitrogen and oxygen atoms in total. The molecule has 0 aliphatic rings. The van der Waals surface area contributed by atoms with Gasteiger partial charge in [-0.3, -0.25) is 4.79 Å². The maximum atomic E-state index is 11.2. The van der Waals surface area contributed by atoms with Crippen molar-refractivity contribution in [2.75, 3.05) is 0 Å². The van der Waals surface area contributed by atoms with Crippen molar-refractivity contribution >= 4 is 17.2 Å². The molecule has 1 aromatic carbocycles. The Balaban J connectivity index is 2.51. The van der Waals surface area contributed by atoms with E-state index in [0.29, 0.717) is 5.56 Å². The SMILES string of the molecule is Cc1nc(-c2ccc(C)c(C(N)=O)c2)cs1. The lowest BCUT2D eigenvalue weighted by Crippen LogP contribution is -2.12. The second-order valence-corrected chi connectivity index (χ2v) is 4.71. The molecule has 0 unspecified atom stereocenters. The first-order chi connectivity index (χ1) is 7.58. The second kappa shape index (κ2) is 4.06. The minimum absolute atomic E-state index is 0.397. The molecule has 1 amide bonds. The van der Waals surface area contributed by atoms with Crippen LogP contribution in [0, 0.1) is 13.8 Å². The van der Waals surface area contributed by atoms with Crippen LogP contribution in [0.2, 0.25) is 0 Å². The van der Waals surface area contributed by atoms with E-state index in [1.54, 1.807) is 17.4 Å². The first-order valence-electron chi connectivity index (χ1n) is 4.91. The Kier molecular flexibility index (Phi) is 2.75. The number of hydrogen-bond donors (Lipinski definition) is 1. The molecule has 4 heteroatoms. The normalized spacial score (nSPS) is 10.4. The third-order valence-electron chi connectivity index (χ3n) is 2.42. The number of primary amides is 1. The van der Waals surface area contributed by atoms with E-state index in [4.69, 9.17) is 5.73 Å². The van der Waals surface area contributed by atoms with E-state index in [1.165, 1.54) is 0 Å². The Morgan fingerprint density at radius 3 is 2.69 bits per heavy atom. The summed E-state index contributed by atoms with van der Waals surface area (Å²) in [7, 11) is 0. The predicted octanol–water partition coefficient (Wildman–Crippen LogP) is 2.53. The van der Waals surface area contributed by atoms with Gasteiger partial charge in [0, 0.05) is 16.5 Å². The van der Waals surface area contributed by atoms with E-state index in [1.807, 2.05) is 31.4 Å². The van der Waals surface area contributed by atoms with Gasteiger partial charge in [0.15, 0.2) is 0 Å². The molecule has 0 bridgehead atoms. The van der Waals surface area contributed by atoms with Crippen LogP contribution in [0.15, 0.2) is 23.6 Å². The monoisotopic (exact) mass is 232 g/mol. The van der Waals surface area contributed by atoms with Gasteiger partial charge in [0.1, 0.15) is 0 Å². The molecular formula is C12H12N2OS. The topological polar surface area (TPSA) is 56.0 Å². The van der Waals surface area contributed by atoms with Crippen LogP contribution in [-0.2, 0) is 0 Å². The van der Waals surface area contributed by atoms with Gasteiger partial charge in [0.2, 0.25) is 5.91 Å². The van der Waals surface area contributed by atoms with Crippen molar-refractivity contribution in [1.29, 1.82) is 0 Å². The number of nitrogens with two attached hydrogens (primary N) is 1. The first kappa shape index (κ1) is 10.8. The maximum absolute atomic E-state index is 11.2. The number of nitrogens with zero attached hydrogens (tertiary/aromatic N) is 1. The van der Waals surface area contributed by atoms with Crippen molar-refractivity contribution in [1.82, 2.24) is 4.98 Å². The van der Waals surface area contributed by atoms with Gasteiger partial charge >= 0.3 is 0 Å². The lowest BCUT2D eigenvalue weighted by Gasteiger charge is -2.03. The second-order valence-electron chi connectivity index (χ2n) is 3.65. The lowest BCUT2D eigenvalue weighted by atomic mass is 10.0. The molecule has 0 spiro atoms. The van der Waals surface area contributed by atoms with Gasteiger partial charge in [-0.25, -0.2) is 4.98 Å². The summed E-state index contributed by atoms with van der Waals surface area (Å²) < 4.78 is 0. The van der Waals surface area contributed by atoms with Crippen molar-refractivity contribution in [3.63, 3.8) is 0 Å². The van der Waals surface area contributed by atoms with Crippen LogP contribution in [0.5, 0.6) is 0 Å². The van der Waals surface area contributed by atoms with E-state index >= 15 is 0 Å². The van der Waals surface area contributed by atoms with Gasteiger partial charge in [0.05, 0.1) is 10.7 Å². The number of hydrogen-bond acceptors (Lipinski definition) is 3. The van der Waals surface area contributed by atoms with Crippen LogP contribution in [0.3, 0.4) is 0 Å². The van der Waals surface area contributed by atoms with E-state index < -0.39 is 5.91 Å². The average molecular weight is 232 g/mol. The number of carbonyl (C=O) groups excluding carboxylic acids is 1. The van der Waals surface area contributed by atoms with Crippen molar-refractivity contribution in [3.8, 4) is 11.3 Å². The smallest absolute Gasteiger partial charge is 0.248 e. The quantitative estimate of drug-likeness (QED) is 0.865. The molecule has 16 heavy (non-hydrogen) atoms. The van der Waals surface area contributed by atoms with Crippen molar-refractivity contribution in [3.05, 3.63) is 39.7 Å². The number of rotatable bonds is 2. The molecule has 0 saturated heterocycles. The van der Waals surface area contributed by atoms with E-state index in [0.717, 1.165) is 21.8 Å². The van der Waals surface area contributed by atoms with Gasteiger partial charge < -0.3 is 5.73 Å². The Labute approximate surface area is 97.9 Å². The van der Waals surface area contributed by atoms with Gasteiger partial charge in [-0.1, -0.05) is 12.1 Å². The van der Waals surface area contributed by atoms with Crippen molar-refractivity contribution < 1.29 is 4.79 Å². The summed E-state index contributed by atoms with van der Waals surface area (Å²) in [5, 5.41) is 2.99. The molecule has 2 rings (SSSR count). The fraction of sp³-hybridized carbons (Fsp3) is 0.167. The molecule has 2 aromatic rings. The van der Waals surface area contributed by atoms with Gasteiger partial charge in [0.25, 0.3) is 0 Å². The van der Waals surface area contributed by atoms with E-state index in [-0.39, 0.29) is 0 Å². The molecule has 0 atom stereocenters. The zero-order valence-electron chi connectivity index (χ0n) is 9.15. The zero-order chi connectivity index (χ0) is 11.7. The van der Waals surface area contributed by atoms with E-state index in [9.17, 15) is 4.79 Å². The van der Waals surface area contributed by atoms with E-state index in [2.05, 4.69) is 4.98 Å². The van der Waals surface area contributed by atoms with Crippen LogP contribution in [0.1, 0.15) is 20.9 Å². The minimum atomic E-state index is -0.397. The summed E-state index contributed by atoms with van der Waals surface area (Å²) in [6.45, 7) is 3.83. The Morgan fingerprint density at radius 1 is 1.38 bits per heavy atom. The fourth-order valence-electron chi connectivity index (χ4n) is 1.54. The Morgan fingerprint density at radius 2 is 2.12 bits per heavy atom.